The maximum atomic E-state index is 12.3. The molecule has 16 nitrogen and oxygen atoms in total. The zero-order valence-corrected chi connectivity index (χ0v) is 27.5. The number of primary amides is 2. The molecule has 50 heavy (non-hydrogen) atoms. The van der Waals surface area contributed by atoms with Crippen LogP contribution in [0.25, 0.3) is 45.1 Å². The summed E-state index contributed by atoms with van der Waals surface area (Å²) in [5.74, 6) is -3.96. The third-order valence-corrected chi connectivity index (χ3v) is 8.24. The SMILES string of the molecule is COc1c(C(N)=O)ccc2c1nc(-c1ncc(Cl)cc1C(=O)O)n2CCn1c(-c2ncc(Cl)cc2C(=O)O)nc2c(OC)c(C(N)=O)ccc21. The molecule has 0 fully saturated rings. The van der Waals surface area contributed by atoms with E-state index < -0.39 is 23.8 Å². The summed E-state index contributed by atoms with van der Waals surface area (Å²) < 4.78 is 14.3. The number of pyridine rings is 2. The lowest BCUT2D eigenvalue weighted by Crippen LogP contribution is -2.14. The van der Waals surface area contributed by atoms with Crippen LogP contribution < -0.4 is 20.9 Å². The molecule has 0 radical (unpaired) electrons. The molecule has 6 N–H and O–H groups in total. The Morgan fingerprint density at radius 1 is 0.680 bits per heavy atom. The Balaban J connectivity index is 1.63. The first-order chi connectivity index (χ1) is 23.9. The molecule has 4 heterocycles. The summed E-state index contributed by atoms with van der Waals surface area (Å²) in [5, 5.41) is 20.3. The molecule has 6 aromatic rings. The quantitative estimate of drug-likeness (QED) is 0.148. The van der Waals surface area contributed by atoms with Gasteiger partial charge < -0.3 is 40.3 Å². The van der Waals surface area contributed by atoms with Crippen LogP contribution in [0.3, 0.4) is 0 Å². The maximum absolute atomic E-state index is 12.3. The minimum atomic E-state index is -1.33. The van der Waals surface area contributed by atoms with Gasteiger partial charge in [0.05, 0.1) is 57.6 Å². The Kier molecular flexibility index (Phi) is 8.73. The fourth-order valence-corrected chi connectivity index (χ4v) is 6.03. The number of aromatic carboxylic acids is 2. The number of carboxylic acid groups (broad SMARTS) is 2. The predicted octanol–water partition coefficient (Wildman–Crippen LogP) is 4.13. The minimum absolute atomic E-state index is 0.0165. The van der Waals surface area contributed by atoms with Gasteiger partial charge in [-0.3, -0.25) is 19.6 Å². The second-order valence-electron chi connectivity index (χ2n) is 10.6. The Morgan fingerprint density at radius 3 is 1.38 bits per heavy atom. The zero-order valence-electron chi connectivity index (χ0n) is 26.0. The van der Waals surface area contributed by atoms with Crippen molar-refractivity contribution in [1.29, 1.82) is 0 Å². The van der Waals surface area contributed by atoms with Gasteiger partial charge in [-0.1, -0.05) is 23.2 Å². The zero-order chi connectivity index (χ0) is 36.0. The summed E-state index contributed by atoms with van der Waals surface area (Å²) in [6.45, 7) is 0.0330. The fourth-order valence-electron chi connectivity index (χ4n) is 5.71. The highest BCUT2D eigenvalue weighted by Gasteiger charge is 2.27. The molecule has 6 rings (SSSR count). The summed E-state index contributed by atoms with van der Waals surface area (Å²) in [6.07, 6.45) is 2.53. The average molecular weight is 719 g/mol. The van der Waals surface area contributed by atoms with Crippen LogP contribution in [-0.2, 0) is 13.1 Å². The number of hydrogen-bond donors (Lipinski definition) is 4. The summed E-state index contributed by atoms with van der Waals surface area (Å²) in [6, 6.07) is 8.50. The van der Waals surface area contributed by atoms with Crippen molar-refractivity contribution >= 4 is 69.0 Å². The number of carbonyl (C=O) groups is 4. The van der Waals surface area contributed by atoms with Crippen LogP contribution in [0.1, 0.15) is 41.4 Å². The summed E-state index contributed by atoms with van der Waals surface area (Å²) in [5.41, 5.74) is 11.9. The summed E-state index contributed by atoms with van der Waals surface area (Å²) >= 11 is 12.2. The number of nitrogens with zero attached hydrogens (tertiary/aromatic N) is 6. The van der Waals surface area contributed by atoms with Crippen molar-refractivity contribution < 1.29 is 38.9 Å². The van der Waals surface area contributed by atoms with Crippen molar-refractivity contribution in [3.05, 3.63) is 81.1 Å². The second-order valence-corrected chi connectivity index (χ2v) is 11.5. The molecule has 0 saturated carbocycles. The van der Waals surface area contributed by atoms with E-state index in [2.05, 4.69) is 19.9 Å². The number of imidazole rings is 2. The summed E-state index contributed by atoms with van der Waals surface area (Å²) in [7, 11) is 2.67. The Morgan fingerprint density at radius 2 is 1.06 bits per heavy atom. The number of amides is 2. The number of rotatable bonds is 11. The molecule has 0 bridgehead atoms. The van der Waals surface area contributed by atoms with Crippen LogP contribution in [0.15, 0.2) is 48.8 Å². The number of carboxylic acids is 2. The third-order valence-electron chi connectivity index (χ3n) is 7.83. The number of benzene rings is 2. The van der Waals surface area contributed by atoms with Gasteiger partial charge in [0.25, 0.3) is 11.8 Å². The molecule has 2 aromatic carbocycles. The van der Waals surface area contributed by atoms with Gasteiger partial charge in [0.1, 0.15) is 22.4 Å². The minimum Gasteiger partial charge on any atom is -0.494 e. The topological polar surface area (TPSA) is 241 Å². The number of aromatic nitrogens is 6. The van der Waals surface area contributed by atoms with Gasteiger partial charge in [-0.2, -0.15) is 0 Å². The van der Waals surface area contributed by atoms with Crippen LogP contribution in [0.2, 0.25) is 10.0 Å². The highest BCUT2D eigenvalue weighted by Crippen LogP contribution is 2.37. The lowest BCUT2D eigenvalue weighted by Gasteiger charge is -2.15. The van der Waals surface area contributed by atoms with E-state index in [-0.39, 0.29) is 91.0 Å². The van der Waals surface area contributed by atoms with Crippen LogP contribution in [0.4, 0.5) is 0 Å². The van der Waals surface area contributed by atoms with Crippen molar-refractivity contribution in [1.82, 2.24) is 29.1 Å². The Bertz CT molecular complexity index is 2260. The lowest BCUT2D eigenvalue weighted by molar-refractivity contribution is 0.0686. The van der Waals surface area contributed by atoms with E-state index in [9.17, 15) is 29.4 Å². The largest absolute Gasteiger partial charge is 0.494 e. The van der Waals surface area contributed by atoms with E-state index in [0.717, 1.165) is 0 Å². The molecule has 0 aliphatic rings. The van der Waals surface area contributed by atoms with Gasteiger partial charge in [-0.15, -0.1) is 0 Å². The smallest absolute Gasteiger partial charge is 0.338 e. The number of methoxy groups -OCH3 is 2. The molecule has 0 aliphatic heterocycles. The Labute approximate surface area is 290 Å². The first-order valence-electron chi connectivity index (χ1n) is 14.4. The van der Waals surface area contributed by atoms with Gasteiger partial charge in [-0.25, -0.2) is 19.6 Å². The van der Waals surface area contributed by atoms with E-state index in [4.69, 9.17) is 44.1 Å². The van der Waals surface area contributed by atoms with Gasteiger partial charge in [0.2, 0.25) is 0 Å². The predicted molar refractivity (Wildman–Crippen MR) is 180 cm³/mol. The molecule has 0 atom stereocenters. The molecule has 0 spiro atoms. The number of hydrogen-bond acceptors (Lipinski definition) is 10. The molecule has 0 saturated heterocycles. The average Bonchev–Trinajstić information content (AvgIpc) is 3.64. The van der Waals surface area contributed by atoms with Gasteiger partial charge in [0, 0.05) is 25.5 Å². The molecule has 2 amide bonds. The molecule has 18 heteroatoms. The molecule has 0 unspecified atom stereocenters. The van der Waals surface area contributed by atoms with Crippen LogP contribution >= 0.6 is 23.2 Å². The molecule has 254 valence electrons. The number of carbonyl (C=O) groups excluding carboxylic acids is 2. The highest BCUT2D eigenvalue weighted by atomic mass is 35.5. The lowest BCUT2D eigenvalue weighted by atomic mass is 10.1. The number of nitrogens with two attached hydrogens (primary N) is 2. The van der Waals surface area contributed by atoms with Gasteiger partial charge in [0.15, 0.2) is 23.1 Å². The number of fused-ring (bicyclic) bond motifs is 2. The van der Waals surface area contributed by atoms with Crippen LogP contribution in [0.5, 0.6) is 11.5 Å². The van der Waals surface area contributed by atoms with Crippen molar-refractivity contribution in [3.63, 3.8) is 0 Å². The molecular formula is C32H24Cl2N8O8. The van der Waals surface area contributed by atoms with Gasteiger partial charge >= 0.3 is 11.9 Å². The monoisotopic (exact) mass is 718 g/mol. The first-order valence-corrected chi connectivity index (χ1v) is 15.1. The normalized spacial score (nSPS) is 11.2. The van der Waals surface area contributed by atoms with Crippen LogP contribution in [0, 0.1) is 0 Å². The first kappa shape index (κ1) is 33.6. The van der Waals surface area contributed by atoms with E-state index in [1.807, 2.05) is 0 Å². The van der Waals surface area contributed by atoms with Crippen molar-refractivity contribution in [2.75, 3.05) is 14.2 Å². The van der Waals surface area contributed by atoms with E-state index in [1.165, 1.54) is 50.9 Å². The number of ether oxygens (including phenoxy) is 2. The second kappa shape index (κ2) is 13.0. The molecule has 0 aliphatic carbocycles. The number of halogens is 2. The maximum Gasteiger partial charge on any atom is 0.338 e. The van der Waals surface area contributed by atoms with Crippen molar-refractivity contribution in [2.24, 2.45) is 11.5 Å². The number of aryl methyl sites for hydroxylation is 2. The standard InChI is InChI=1S/C32H24Cl2N8O8/c1-49-25-15(27(35)43)3-5-19-23(25)39-29(21-17(31(45)46)9-13(33)11-37-21)41(19)7-8-42-20-6-4-16(28(36)44)26(50-2)24(20)40-30(42)22-18(32(47)48)10-14(34)12-38-22/h3-6,9-12H,7-8H2,1-2H3,(H2,35,43)(H2,36,44)(H,45,46)(H,47,48). The van der Waals surface area contributed by atoms with E-state index >= 15 is 0 Å². The Hall–Kier alpha value is -6.26. The van der Waals surface area contributed by atoms with Crippen molar-refractivity contribution in [2.45, 2.75) is 13.1 Å². The van der Waals surface area contributed by atoms with E-state index in [0.29, 0.717) is 11.0 Å². The fraction of sp³-hybridized carbons (Fsp3) is 0.125. The van der Waals surface area contributed by atoms with Gasteiger partial charge in [-0.05, 0) is 36.4 Å². The highest BCUT2D eigenvalue weighted by molar-refractivity contribution is 6.31. The third kappa shape index (κ3) is 5.65. The van der Waals surface area contributed by atoms with Crippen molar-refractivity contribution in [3.8, 4) is 34.5 Å². The van der Waals surface area contributed by atoms with Crippen LogP contribution in [-0.4, -0.2) is 77.3 Å². The summed E-state index contributed by atoms with van der Waals surface area (Å²) in [4.78, 5) is 67.1. The van der Waals surface area contributed by atoms with E-state index in [1.54, 1.807) is 21.3 Å². The molecular weight excluding hydrogens is 695 g/mol. The molecule has 4 aromatic heterocycles.